The van der Waals surface area contributed by atoms with Crippen LogP contribution < -0.4 is 10.2 Å². The summed E-state index contributed by atoms with van der Waals surface area (Å²) < 4.78 is 23.4. The Hall–Kier alpha value is -1.02. The van der Waals surface area contributed by atoms with Gasteiger partial charge in [0.05, 0.1) is 39.9 Å². The number of phosphoric acid groups is 1. The number of nitrogens with one attached hydrogen (secondary N) is 1. The van der Waals surface area contributed by atoms with Crippen molar-refractivity contribution in [3.05, 3.63) is 24.3 Å². The number of unbranched alkanes of at least 4 members (excludes halogenated alkanes) is 52. The molecular weight excluding hydrogens is 1010 g/mol. The van der Waals surface area contributed by atoms with Crippen LogP contribution in [0.2, 0.25) is 0 Å². The summed E-state index contributed by atoms with van der Waals surface area (Å²) in [5.74, 6) is -0.190. The zero-order chi connectivity index (χ0) is 58.4. The summed E-state index contributed by atoms with van der Waals surface area (Å²) in [7, 11) is 1.28. The van der Waals surface area contributed by atoms with E-state index >= 15 is 0 Å². The van der Waals surface area contributed by atoms with Crippen molar-refractivity contribution in [2.75, 3.05) is 40.9 Å². The molecule has 9 heteroatoms. The first-order valence-electron chi connectivity index (χ1n) is 35.7. The minimum absolute atomic E-state index is 0.00165. The van der Waals surface area contributed by atoms with Crippen LogP contribution in [-0.4, -0.2) is 68.5 Å². The lowest BCUT2D eigenvalue weighted by molar-refractivity contribution is -0.870. The SMILES string of the molecule is CCCCCCCCCCCCCCCCCCC/C=C/C(O)C(COP(=O)([O-])OCC[N+](C)(C)C)NC(=O)CCCCCCCCCCCCCCCCCCC/C=C\CCCCCCCCCCCCCCCCCCCC. The number of hydrogen-bond donors (Lipinski definition) is 2. The predicted molar refractivity (Wildman–Crippen MR) is 349 cm³/mol. The maximum atomic E-state index is 13.0. The zero-order valence-electron chi connectivity index (χ0n) is 54.6. The van der Waals surface area contributed by atoms with Gasteiger partial charge in [-0.1, -0.05) is 346 Å². The molecule has 0 aliphatic carbocycles. The van der Waals surface area contributed by atoms with Crippen LogP contribution in [0.25, 0.3) is 0 Å². The minimum Gasteiger partial charge on any atom is -0.756 e. The number of quaternary nitrogens is 1. The van der Waals surface area contributed by atoms with Gasteiger partial charge in [-0.3, -0.25) is 9.36 Å². The van der Waals surface area contributed by atoms with Crippen molar-refractivity contribution in [3.8, 4) is 0 Å². The highest BCUT2D eigenvalue weighted by molar-refractivity contribution is 7.45. The average molecular weight is 1150 g/mol. The molecule has 1 amide bonds. The van der Waals surface area contributed by atoms with E-state index in [1.807, 2.05) is 27.2 Å². The van der Waals surface area contributed by atoms with E-state index in [-0.39, 0.29) is 19.1 Å². The van der Waals surface area contributed by atoms with Gasteiger partial charge in [-0.25, -0.2) is 0 Å². The van der Waals surface area contributed by atoms with Crippen molar-refractivity contribution in [2.45, 2.75) is 386 Å². The van der Waals surface area contributed by atoms with Gasteiger partial charge in [0.25, 0.3) is 7.82 Å². The number of phosphoric ester groups is 1. The van der Waals surface area contributed by atoms with Gasteiger partial charge in [0.1, 0.15) is 13.2 Å². The van der Waals surface area contributed by atoms with Gasteiger partial charge < -0.3 is 28.8 Å². The second kappa shape index (κ2) is 62.5. The quantitative estimate of drug-likeness (QED) is 0.0272. The molecule has 0 saturated heterocycles. The van der Waals surface area contributed by atoms with Gasteiger partial charge in [0.2, 0.25) is 5.91 Å². The van der Waals surface area contributed by atoms with Crippen LogP contribution in [0.1, 0.15) is 373 Å². The molecule has 0 fully saturated rings. The molecule has 0 spiro atoms. The molecule has 0 saturated carbocycles. The molecule has 0 aromatic carbocycles. The predicted octanol–water partition coefficient (Wildman–Crippen LogP) is 22.0. The molecule has 476 valence electrons. The third-order valence-corrected chi connectivity index (χ3v) is 17.6. The number of nitrogens with zero attached hydrogens (tertiary/aromatic N) is 1. The van der Waals surface area contributed by atoms with Crippen LogP contribution in [0.15, 0.2) is 24.3 Å². The van der Waals surface area contributed by atoms with E-state index in [9.17, 15) is 19.4 Å². The van der Waals surface area contributed by atoms with E-state index in [2.05, 4.69) is 31.3 Å². The van der Waals surface area contributed by atoms with Crippen LogP contribution in [0.5, 0.6) is 0 Å². The largest absolute Gasteiger partial charge is 0.756 e. The first kappa shape index (κ1) is 79.0. The Balaban J connectivity index is 3.92. The first-order chi connectivity index (χ1) is 39.0. The third-order valence-electron chi connectivity index (χ3n) is 16.7. The van der Waals surface area contributed by atoms with Crippen molar-refractivity contribution in [1.29, 1.82) is 0 Å². The molecule has 0 bridgehead atoms. The lowest BCUT2D eigenvalue weighted by Crippen LogP contribution is -2.45. The first-order valence-corrected chi connectivity index (χ1v) is 37.2. The zero-order valence-corrected chi connectivity index (χ0v) is 55.5. The van der Waals surface area contributed by atoms with Gasteiger partial charge in [-0.2, -0.15) is 0 Å². The van der Waals surface area contributed by atoms with Crippen LogP contribution in [0.3, 0.4) is 0 Å². The molecule has 0 aromatic heterocycles. The second-order valence-electron chi connectivity index (χ2n) is 25.9. The Morgan fingerprint density at radius 2 is 0.688 bits per heavy atom. The Kier molecular flexibility index (Phi) is 61.7. The summed E-state index contributed by atoms with van der Waals surface area (Å²) in [6.45, 7) is 4.71. The third kappa shape index (κ3) is 64.5. The van der Waals surface area contributed by atoms with E-state index in [0.29, 0.717) is 17.4 Å². The Labute approximate surface area is 500 Å². The number of aliphatic hydroxyl groups excluding tert-OH is 1. The van der Waals surface area contributed by atoms with Gasteiger partial charge in [0.15, 0.2) is 0 Å². The highest BCUT2D eigenvalue weighted by atomic mass is 31.2. The monoisotopic (exact) mass is 1150 g/mol. The van der Waals surface area contributed by atoms with Crippen molar-refractivity contribution in [2.24, 2.45) is 0 Å². The van der Waals surface area contributed by atoms with Gasteiger partial charge >= 0.3 is 0 Å². The summed E-state index contributed by atoms with van der Waals surface area (Å²) in [5.41, 5.74) is 0. The maximum absolute atomic E-state index is 13.0. The number of amides is 1. The molecule has 0 radical (unpaired) electrons. The van der Waals surface area contributed by atoms with E-state index in [1.54, 1.807) is 6.08 Å². The van der Waals surface area contributed by atoms with Crippen LogP contribution in [-0.2, 0) is 18.4 Å². The molecular formula is C71H141N2O6P. The lowest BCUT2D eigenvalue weighted by atomic mass is 10.0. The van der Waals surface area contributed by atoms with Gasteiger partial charge in [-0.05, 0) is 44.9 Å². The number of rotatable bonds is 67. The number of allylic oxidation sites excluding steroid dienone is 3. The fourth-order valence-electron chi connectivity index (χ4n) is 11.1. The fourth-order valence-corrected chi connectivity index (χ4v) is 11.8. The average Bonchev–Trinajstić information content (AvgIpc) is 3.42. The van der Waals surface area contributed by atoms with E-state index < -0.39 is 20.0 Å². The highest BCUT2D eigenvalue weighted by Gasteiger charge is 2.23. The number of carbonyl (C=O) groups excluding carboxylic acids is 1. The molecule has 0 rings (SSSR count). The highest BCUT2D eigenvalue weighted by Crippen LogP contribution is 2.38. The smallest absolute Gasteiger partial charge is 0.268 e. The van der Waals surface area contributed by atoms with Crippen molar-refractivity contribution < 1.29 is 32.9 Å². The molecule has 3 unspecified atom stereocenters. The summed E-state index contributed by atoms with van der Waals surface area (Å²) in [5, 5.41) is 13.9. The van der Waals surface area contributed by atoms with Crippen molar-refractivity contribution in [3.63, 3.8) is 0 Å². The van der Waals surface area contributed by atoms with Crippen molar-refractivity contribution >= 4 is 13.7 Å². The summed E-state index contributed by atoms with van der Waals surface area (Å²) in [4.78, 5) is 25.6. The van der Waals surface area contributed by atoms with E-state index in [4.69, 9.17) is 9.05 Å². The molecule has 2 N–H and O–H groups in total. The van der Waals surface area contributed by atoms with Crippen LogP contribution in [0, 0.1) is 0 Å². The number of likely N-dealkylation sites (N-methyl/N-ethyl adjacent to an activating group) is 1. The van der Waals surface area contributed by atoms with E-state index in [0.717, 1.165) is 38.5 Å². The molecule has 8 nitrogen and oxygen atoms in total. The number of aliphatic hydroxyl groups is 1. The van der Waals surface area contributed by atoms with Crippen LogP contribution >= 0.6 is 7.82 Å². The summed E-state index contributed by atoms with van der Waals surface area (Å²) >= 11 is 0. The number of hydrogen-bond acceptors (Lipinski definition) is 6. The van der Waals surface area contributed by atoms with Gasteiger partial charge in [-0.15, -0.1) is 0 Å². The van der Waals surface area contributed by atoms with Crippen LogP contribution in [0.4, 0.5) is 0 Å². The lowest BCUT2D eigenvalue weighted by Gasteiger charge is -2.29. The standard InChI is InChI=1S/C71H141N2O6P/c1-6-8-10-12-14-16-18-20-22-24-26-27-28-29-30-31-32-33-34-35-36-37-38-39-40-41-42-43-44-45-47-49-51-53-55-57-59-61-63-65-71(75)72-69(68-79-80(76,77)78-67-66-73(3,4)5)70(74)64-62-60-58-56-54-52-50-48-46-25-23-21-19-17-15-13-11-9-7-2/h35-36,62,64,69-70,74H,6-34,37-61,63,65-68H2,1-5H3,(H-,72,75,76,77)/b36-35-,64-62+. The Morgan fingerprint density at radius 1 is 0.425 bits per heavy atom. The molecule has 0 aliphatic heterocycles. The second-order valence-corrected chi connectivity index (χ2v) is 27.4. The summed E-state index contributed by atoms with van der Waals surface area (Å²) in [6.07, 6.45) is 81.8. The molecule has 0 heterocycles. The fraction of sp³-hybridized carbons (Fsp3) is 0.930. The summed E-state index contributed by atoms with van der Waals surface area (Å²) in [6, 6.07) is -0.885. The molecule has 80 heavy (non-hydrogen) atoms. The van der Waals surface area contributed by atoms with Crippen molar-refractivity contribution in [1.82, 2.24) is 5.32 Å². The Morgan fingerprint density at radius 3 is 0.975 bits per heavy atom. The van der Waals surface area contributed by atoms with E-state index in [1.165, 1.54) is 315 Å². The van der Waals surface area contributed by atoms with Gasteiger partial charge in [0, 0.05) is 6.42 Å². The normalized spacial score (nSPS) is 13.7. The maximum Gasteiger partial charge on any atom is 0.268 e. The number of carbonyl (C=O) groups is 1. The molecule has 0 aliphatic rings. The Bertz CT molecular complexity index is 1350. The topological polar surface area (TPSA) is 108 Å². The molecule has 0 aromatic rings. The minimum atomic E-state index is -4.60. The molecule has 3 atom stereocenters.